The SMILES string of the molecule is Cn1nccc1CCC(NN)c1cccc(Cl)c1. The van der Waals surface area contributed by atoms with Crippen LogP contribution >= 0.6 is 11.6 Å². The van der Waals surface area contributed by atoms with Gasteiger partial charge < -0.3 is 0 Å². The summed E-state index contributed by atoms with van der Waals surface area (Å²) in [5.74, 6) is 5.62. The molecule has 0 saturated carbocycles. The molecule has 0 radical (unpaired) electrons. The first-order chi connectivity index (χ1) is 8.70. The molecule has 3 N–H and O–H groups in total. The average Bonchev–Trinajstić information content (AvgIpc) is 2.76. The van der Waals surface area contributed by atoms with E-state index in [4.69, 9.17) is 17.4 Å². The number of rotatable bonds is 5. The maximum absolute atomic E-state index is 5.99. The minimum absolute atomic E-state index is 0.0959. The quantitative estimate of drug-likeness (QED) is 0.643. The molecule has 2 aromatic rings. The van der Waals surface area contributed by atoms with Gasteiger partial charge in [0.2, 0.25) is 0 Å². The zero-order chi connectivity index (χ0) is 13.0. The van der Waals surface area contributed by atoms with Gasteiger partial charge in [-0.2, -0.15) is 5.10 Å². The number of aryl methyl sites for hydroxylation is 2. The van der Waals surface area contributed by atoms with Crippen molar-refractivity contribution in [2.45, 2.75) is 18.9 Å². The van der Waals surface area contributed by atoms with Crippen molar-refractivity contribution < 1.29 is 0 Å². The maximum atomic E-state index is 5.99. The molecule has 0 bridgehead atoms. The van der Waals surface area contributed by atoms with Gasteiger partial charge in [0, 0.05) is 30.0 Å². The summed E-state index contributed by atoms with van der Waals surface area (Å²) in [5, 5.41) is 4.88. The van der Waals surface area contributed by atoms with Crippen LogP contribution in [0.1, 0.15) is 23.7 Å². The minimum Gasteiger partial charge on any atom is -0.273 e. The van der Waals surface area contributed by atoms with Crippen LogP contribution in [0.15, 0.2) is 36.5 Å². The average molecular weight is 265 g/mol. The van der Waals surface area contributed by atoms with Gasteiger partial charge in [-0.25, -0.2) is 0 Å². The topological polar surface area (TPSA) is 55.9 Å². The van der Waals surface area contributed by atoms with Crippen LogP contribution in [0.5, 0.6) is 0 Å². The van der Waals surface area contributed by atoms with Crippen molar-refractivity contribution in [3.8, 4) is 0 Å². The van der Waals surface area contributed by atoms with Crippen molar-refractivity contribution in [3.05, 3.63) is 52.8 Å². The van der Waals surface area contributed by atoms with Gasteiger partial charge in [0.1, 0.15) is 0 Å². The summed E-state index contributed by atoms with van der Waals surface area (Å²) in [6.45, 7) is 0. The van der Waals surface area contributed by atoms with E-state index in [-0.39, 0.29) is 6.04 Å². The van der Waals surface area contributed by atoms with E-state index >= 15 is 0 Å². The molecule has 5 heteroatoms. The Hall–Kier alpha value is -1.36. The molecule has 4 nitrogen and oxygen atoms in total. The van der Waals surface area contributed by atoms with E-state index < -0.39 is 0 Å². The van der Waals surface area contributed by atoms with Crippen LogP contribution in [0, 0.1) is 0 Å². The molecule has 0 aliphatic rings. The minimum atomic E-state index is 0.0959. The second kappa shape index (κ2) is 6.00. The molecule has 0 saturated heterocycles. The lowest BCUT2D eigenvalue weighted by atomic mass is 10.0. The molecule has 0 fully saturated rings. The van der Waals surface area contributed by atoms with E-state index in [0.29, 0.717) is 0 Å². The molecule has 0 aliphatic heterocycles. The molecule has 1 aromatic carbocycles. The maximum Gasteiger partial charge on any atom is 0.0492 e. The smallest absolute Gasteiger partial charge is 0.0492 e. The fourth-order valence-electron chi connectivity index (χ4n) is 2.01. The summed E-state index contributed by atoms with van der Waals surface area (Å²) >= 11 is 5.99. The lowest BCUT2D eigenvalue weighted by molar-refractivity contribution is 0.507. The third-order valence-corrected chi connectivity index (χ3v) is 3.30. The number of hydrazine groups is 1. The fourth-order valence-corrected chi connectivity index (χ4v) is 2.21. The van der Waals surface area contributed by atoms with Crippen molar-refractivity contribution >= 4 is 11.6 Å². The Morgan fingerprint density at radius 3 is 2.89 bits per heavy atom. The van der Waals surface area contributed by atoms with Crippen LogP contribution in [0.3, 0.4) is 0 Å². The van der Waals surface area contributed by atoms with Crippen molar-refractivity contribution in [1.29, 1.82) is 0 Å². The summed E-state index contributed by atoms with van der Waals surface area (Å²) in [4.78, 5) is 0. The molecule has 2 rings (SSSR count). The first kappa shape index (κ1) is 13.1. The summed E-state index contributed by atoms with van der Waals surface area (Å²) in [5.41, 5.74) is 5.13. The molecular formula is C13H17ClN4. The highest BCUT2D eigenvalue weighted by atomic mass is 35.5. The highest BCUT2D eigenvalue weighted by Gasteiger charge is 2.11. The van der Waals surface area contributed by atoms with Crippen LogP contribution in [0.25, 0.3) is 0 Å². The predicted octanol–water partition coefficient (Wildman–Crippen LogP) is 2.21. The van der Waals surface area contributed by atoms with Gasteiger partial charge in [-0.3, -0.25) is 16.0 Å². The number of nitrogens with zero attached hydrogens (tertiary/aromatic N) is 2. The van der Waals surface area contributed by atoms with Gasteiger partial charge in [-0.15, -0.1) is 0 Å². The highest BCUT2D eigenvalue weighted by molar-refractivity contribution is 6.30. The molecule has 1 aromatic heterocycles. The standard InChI is InChI=1S/C13H17ClN4/c1-18-12(7-8-16-18)5-6-13(17-15)10-3-2-4-11(14)9-10/h2-4,7-9,13,17H,5-6,15H2,1H3. The number of hydrogen-bond acceptors (Lipinski definition) is 3. The van der Waals surface area contributed by atoms with Crippen molar-refractivity contribution in [2.24, 2.45) is 12.9 Å². The number of aromatic nitrogens is 2. The number of hydrogen-bond donors (Lipinski definition) is 2. The first-order valence-electron chi connectivity index (χ1n) is 5.89. The molecule has 1 unspecified atom stereocenters. The third-order valence-electron chi connectivity index (χ3n) is 3.06. The Morgan fingerprint density at radius 2 is 2.28 bits per heavy atom. The monoisotopic (exact) mass is 264 g/mol. The van der Waals surface area contributed by atoms with Crippen LogP contribution in [-0.4, -0.2) is 9.78 Å². The number of nitrogens with two attached hydrogens (primary N) is 1. The van der Waals surface area contributed by atoms with Crippen molar-refractivity contribution in [2.75, 3.05) is 0 Å². The van der Waals surface area contributed by atoms with Crippen molar-refractivity contribution in [3.63, 3.8) is 0 Å². The molecule has 0 spiro atoms. The molecule has 0 aliphatic carbocycles. The Labute approximate surface area is 112 Å². The van der Waals surface area contributed by atoms with Crippen LogP contribution in [0.2, 0.25) is 5.02 Å². The highest BCUT2D eigenvalue weighted by Crippen LogP contribution is 2.21. The Bertz CT molecular complexity index is 509. The third kappa shape index (κ3) is 3.10. The molecule has 1 atom stereocenters. The van der Waals surface area contributed by atoms with Gasteiger partial charge >= 0.3 is 0 Å². The van der Waals surface area contributed by atoms with Crippen LogP contribution in [-0.2, 0) is 13.5 Å². The van der Waals surface area contributed by atoms with Crippen molar-refractivity contribution in [1.82, 2.24) is 15.2 Å². The first-order valence-corrected chi connectivity index (χ1v) is 6.27. The molecule has 0 amide bonds. The van der Waals surface area contributed by atoms with E-state index in [0.717, 1.165) is 23.4 Å². The number of benzene rings is 1. The summed E-state index contributed by atoms with van der Waals surface area (Å²) in [6.07, 6.45) is 3.62. The molecule has 96 valence electrons. The second-order valence-electron chi connectivity index (χ2n) is 4.26. The van der Waals surface area contributed by atoms with Gasteiger partial charge in [0.05, 0.1) is 0 Å². The van der Waals surface area contributed by atoms with Gasteiger partial charge in [-0.05, 0) is 36.6 Å². The Kier molecular flexibility index (Phi) is 4.36. The molecular weight excluding hydrogens is 248 g/mol. The normalized spacial score (nSPS) is 12.6. The Balaban J connectivity index is 2.04. The number of halogens is 1. The molecule has 18 heavy (non-hydrogen) atoms. The largest absolute Gasteiger partial charge is 0.273 e. The zero-order valence-corrected chi connectivity index (χ0v) is 11.1. The second-order valence-corrected chi connectivity index (χ2v) is 4.70. The summed E-state index contributed by atoms with van der Waals surface area (Å²) in [7, 11) is 1.94. The predicted molar refractivity (Wildman–Crippen MR) is 73.0 cm³/mol. The van der Waals surface area contributed by atoms with Gasteiger partial charge in [0.25, 0.3) is 0 Å². The van der Waals surface area contributed by atoms with E-state index in [1.54, 1.807) is 6.20 Å². The zero-order valence-electron chi connectivity index (χ0n) is 10.3. The van der Waals surface area contributed by atoms with E-state index in [1.165, 1.54) is 5.69 Å². The van der Waals surface area contributed by atoms with E-state index in [2.05, 4.69) is 10.5 Å². The molecule has 1 heterocycles. The summed E-state index contributed by atoms with van der Waals surface area (Å²) < 4.78 is 1.88. The van der Waals surface area contributed by atoms with Gasteiger partial charge in [0.15, 0.2) is 0 Å². The van der Waals surface area contributed by atoms with Gasteiger partial charge in [-0.1, -0.05) is 23.7 Å². The Morgan fingerprint density at radius 1 is 1.44 bits per heavy atom. The summed E-state index contributed by atoms with van der Waals surface area (Å²) in [6, 6.07) is 9.88. The van der Waals surface area contributed by atoms with E-state index in [1.807, 2.05) is 42.1 Å². The van der Waals surface area contributed by atoms with Crippen LogP contribution < -0.4 is 11.3 Å². The van der Waals surface area contributed by atoms with Crippen LogP contribution in [0.4, 0.5) is 0 Å². The fraction of sp³-hybridized carbons (Fsp3) is 0.308. The lowest BCUT2D eigenvalue weighted by Crippen LogP contribution is -2.28. The lowest BCUT2D eigenvalue weighted by Gasteiger charge is -2.16. The van der Waals surface area contributed by atoms with E-state index in [9.17, 15) is 0 Å². The number of nitrogens with one attached hydrogen (secondary N) is 1.